The monoisotopic (exact) mass is 292 g/mol. The molecule has 0 atom stereocenters. The first kappa shape index (κ1) is 14.6. The number of hydrogen-bond donors (Lipinski definition) is 0. The molecule has 20 heavy (non-hydrogen) atoms. The van der Waals surface area contributed by atoms with Crippen molar-refractivity contribution >= 4 is 23.5 Å². The average Bonchev–Trinajstić information content (AvgIpc) is 2.53. The number of carbonyl (C=O) groups excluding carboxylic acids is 1. The van der Waals surface area contributed by atoms with Gasteiger partial charge in [-0.2, -0.15) is 5.26 Å². The molecule has 1 aromatic rings. The van der Waals surface area contributed by atoms with Gasteiger partial charge < -0.3 is 9.64 Å². The number of carbonyl (C=O) groups is 1. The minimum atomic E-state index is -0.281. The van der Waals surface area contributed by atoms with Gasteiger partial charge >= 0.3 is 5.97 Å². The molecule has 0 bridgehead atoms. The first-order valence-electron chi connectivity index (χ1n) is 6.39. The summed E-state index contributed by atoms with van der Waals surface area (Å²) < 4.78 is 4.59. The first-order chi connectivity index (χ1) is 9.72. The summed E-state index contributed by atoms with van der Waals surface area (Å²) in [7, 11) is 1.37. The first-order valence-corrected chi connectivity index (χ1v) is 7.37. The van der Waals surface area contributed by atoms with Gasteiger partial charge in [-0.3, -0.25) is 9.78 Å². The molecule has 1 saturated heterocycles. The number of piperidine rings is 1. The summed E-state index contributed by atoms with van der Waals surface area (Å²) in [6, 6.07) is 2.31. The number of aromatic nitrogens is 2. The predicted molar refractivity (Wildman–Crippen MR) is 75.3 cm³/mol. The summed E-state index contributed by atoms with van der Waals surface area (Å²) in [6.45, 7) is 1.63. The molecule has 0 aliphatic carbocycles. The molecule has 1 aliphatic heterocycles. The minimum absolute atomic E-state index is 0.149. The topological polar surface area (TPSA) is 79.1 Å². The molecular formula is C13H16N4O2S. The van der Waals surface area contributed by atoms with Crippen LogP contribution in [0, 0.1) is 17.2 Å². The third-order valence-electron chi connectivity index (χ3n) is 3.17. The largest absolute Gasteiger partial charge is 0.468 e. The maximum atomic E-state index is 11.1. The quantitative estimate of drug-likeness (QED) is 0.614. The van der Waals surface area contributed by atoms with Crippen molar-refractivity contribution in [1.29, 1.82) is 5.26 Å². The van der Waals surface area contributed by atoms with Crippen LogP contribution in [0.15, 0.2) is 17.4 Å². The van der Waals surface area contributed by atoms with Crippen LogP contribution in [-0.2, 0) is 9.53 Å². The van der Waals surface area contributed by atoms with E-state index < -0.39 is 0 Å². The zero-order valence-electron chi connectivity index (χ0n) is 11.3. The lowest BCUT2D eigenvalue weighted by Gasteiger charge is -2.29. The lowest BCUT2D eigenvalue weighted by atomic mass is 9.99. The Bertz CT molecular complexity index is 509. The van der Waals surface area contributed by atoms with Gasteiger partial charge in [0.15, 0.2) is 0 Å². The Labute approximate surface area is 122 Å². The zero-order chi connectivity index (χ0) is 14.4. The molecule has 0 spiro atoms. The van der Waals surface area contributed by atoms with Crippen molar-refractivity contribution < 1.29 is 9.53 Å². The van der Waals surface area contributed by atoms with Crippen LogP contribution in [0.25, 0.3) is 0 Å². The molecule has 0 saturated carbocycles. The van der Waals surface area contributed by atoms with E-state index >= 15 is 0 Å². The Morgan fingerprint density at radius 1 is 1.55 bits per heavy atom. The summed E-state index contributed by atoms with van der Waals surface area (Å²) in [5, 5.41) is 9.60. The Kier molecular flexibility index (Phi) is 5.18. The van der Waals surface area contributed by atoms with Crippen molar-refractivity contribution in [1.82, 2.24) is 9.97 Å². The SMILES string of the molecule is COC(=O)CSc1cncc(N2CCC(C#N)CC2)n1. The molecule has 6 nitrogen and oxygen atoms in total. The summed E-state index contributed by atoms with van der Waals surface area (Å²) >= 11 is 1.31. The van der Waals surface area contributed by atoms with Gasteiger partial charge in [0.25, 0.3) is 0 Å². The van der Waals surface area contributed by atoms with E-state index in [1.165, 1.54) is 18.9 Å². The zero-order valence-corrected chi connectivity index (χ0v) is 12.1. The van der Waals surface area contributed by atoms with Crippen LogP contribution in [0.1, 0.15) is 12.8 Å². The maximum absolute atomic E-state index is 11.1. The normalized spacial score (nSPS) is 15.7. The van der Waals surface area contributed by atoms with Crippen molar-refractivity contribution in [2.45, 2.75) is 17.9 Å². The van der Waals surface area contributed by atoms with Gasteiger partial charge in [-0.05, 0) is 12.8 Å². The number of thioether (sulfide) groups is 1. The number of esters is 1. The number of hydrogen-bond acceptors (Lipinski definition) is 7. The van der Waals surface area contributed by atoms with E-state index in [1.807, 2.05) is 0 Å². The van der Waals surface area contributed by atoms with E-state index in [1.54, 1.807) is 12.4 Å². The van der Waals surface area contributed by atoms with Crippen LogP contribution < -0.4 is 4.90 Å². The third-order valence-corrected chi connectivity index (χ3v) is 4.04. The Morgan fingerprint density at radius 2 is 2.30 bits per heavy atom. The third kappa shape index (κ3) is 3.84. The van der Waals surface area contributed by atoms with Gasteiger partial charge in [-0.15, -0.1) is 0 Å². The van der Waals surface area contributed by atoms with Crippen LogP contribution in [0.4, 0.5) is 5.82 Å². The Balaban J connectivity index is 1.96. The lowest BCUT2D eigenvalue weighted by Crippen LogP contribution is -2.33. The van der Waals surface area contributed by atoms with E-state index in [-0.39, 0.29) is 17.6 Å². The fourth-order valence-corrected chi connectivity index (χ4v) is 2.67. The number of anilines is 1. The van der Waals surface area contributed by atoms with E-state index in [2.05, 4.69) is 25.7 Å². The highest BCUT2D eigenvalue weighted by molar-refractivity contribution is 7.99. The predicted octanol–water partition coefficient (Wildman–Crippen LogP) is 1.48. The highest BCUT2D eigenvalue weighted by atomic mass is 32.2. The van der Waals surface area contributed by atoms with Crippen molar-refractivity contribution in [2.75, 3.05) is 30.9 Å². The molecule has 106 valence electrons. The van der Waals surface area contributed by atoms with Crippen molar-refractivity contribution in [3.8, 4) is 6.07 Å². The van der Waals surface area contributed by atoms with Crippen LogP contribution in [0.5, 0.6) is 0 Å². The van der Waals surface area contributed by atoms with E-state index in [0.717, 1.165) is 31.7 Å². The van der Waals surface area contributed by atoms with E-state index in [4.69, 9.17) is 5.26 Å². The molecule has 2 rings (SSSR count). The molecule has 0 aromatic carbocycles. The van der Waals surface area contributed by atoms with Gasteiger partial charge in [0.1, 0.15) is 10.8 Å². The fourth-order valence-electron chi connectivity index (χ4n) is 1.99. The molecule has 0 N–H and O–H groups in total. The number of rotatable bonds is 4. The van der Waals surface area contributed by atoms with Crippen LogP contribution in [0.2, 0.25) is 0 Å². The second kappa shape index (κ2) is 7.10. The Hall–Kier alpha value is -1.81. The minimum Gasteiger partial charge on any atom is -0.468 e. The van der Waals surface area contributed by atoms with E-state index in [0.29, 0.717) is 5.03 Å². The highest BCUT2D eigenvalue weighted by Crippen LogP contribution is 2.23. The summed E-state index contributed by atoms with van der Waals surface area (Å²) in [4.78, 5) is 21.9. The average molecular weight is 292 g/mol. The second-order valence-corrected chi connectivity index (χ2v) is 5.47. The van der Waals surface area contributed by atoms with Gasteiger partial charge in [-0.25, -0.2) is 4.98 Å². The molecule has 7 heteroatoms. The number of nitrogens with zero attached hydrogens (tertiary/aromatic N) is 4. The number of methoxy groups -OCH3 is 1. The van der Waals surface area contributed by atoms with Gasteiger partial charge in [0.2, 0.25) is 0 Å². The Morgan fingerprint density at radius 3 is 2.95 bits per heavy atom. The fraction of sp³-hybridized carbons (Fsp3) is 0.538. The van der Waals surface area contributed by atoms with Crippen LogP contribution in [0.3, 0.4) is 0 Å². The lowest BCUT2D eigenvalue weighted by molar-refractivity contribution is -0.137. The van der Waals surface area contributed by atoms with Crippen molar-refractivity contribution in [3.05, 3.63) is 12.4 Å². The summed E-state index contributed by atoms with van der Waals surface area (Å²) in [5.74, 6) is 0.898. The van der Waals surface area contributed by atoms with Gasteiger partial charge in [0, 0.05) is 19.0 Å². The maximum Gasteiger partial charge on any atom is 0.316 e. The molecule has 0 unspecified atom stereocenters. The summed E-state index contributed by atoms with van der Waals surface area (Å²) in [5.41, 5.74) is 0. The van der Waals surface area contributed by atoms with E-state index in [9.17, 15) is 4.79 Å². The van der Waals surface area contributed by atoms with Crippen molar-refractivity contribution in [2.24, 2.45) is 5.92 Å². The standard InChI is InChI=1S/C13H16N4O2S/c1-19-13(18)9-20-12-8-15-7-11(16-12)17-4-2-10(6-14)3-5-17/h7-8,10H,2-5,9H2,1H3. The van der Waals surface area contributed by atoms with Gasteiger partial charge in [0.05, 0.1) is 31.3 Å². The number of ether oxygens (including phenoxy) is 1. The van der Waals surface area contributed by atoms with Crippen LogP contribution >= 0.6 is 11.8 Å². The molecular weight excluding hydrogens is 276 g/mol. The molecule has 2 heterocycles. The molecule has 0 radical (unpaired) electrons. The van der Waals surface area contributed by atoms with Crippen LogP contribution in [-0.4, -0.2) is 41.9 Å². The summed E-state index contributed by atoms with van der Waals surface area (Å²) in [6.07, 6.45) is 5.07. The molecule has 1 aromatic heterocycles. The smallest absolute Gasteiger partial charge is 0.316 e. The van der Waals surface area contributed by atoms with Crippen molar-refractivity contribution in [3.63, 3.8) is 0 Å². The molecule has 0 amide bonds. The number of nitriles is 1. The van der Waals surface area contributed by atoms with Gasteiger partial charge in [-0.1, -0.05) is 11.8 Å². The highest BCUT2D eigenvalue weighted by Gasteiger charge is 2.20. The molecule has 1 fully saturated rings. The molecule has 1 aliphatic rings. The second-order valence-electron chi connectivity index (χ2n) is 4.47.